The molecule has 0 aliphatic heterocycles. The summed E-state index contributed by atoms with van der Waals surface area (Å²) in [5.74, 6) is 0.381. The Morgan fingerprint density at radius 1 is 0.771 bits per heavy atom. The Morgan fingerprint density at radius 2 is 1.46 bits per heavy atom. The van der Waals surface area contributed by atoms with Gasteiger partial charge < -0.3 is 4.42 Å². The fourth-order valence-electron chi connectivity index (χ4n) is 5.93. The van der Waals surface area contributed by atoms with E-state index in [4.69, 9.17) is 4.42 Å². The summed E-state index contributed by atoms with van der Waals surface area (Å²) in [4.78, 5) is 0. The van der Waals surface area contributed by atoms with Crippen LogP contribution in [0.25, 0.3) is 44.3 Å². The number of furan rings is 1. The van der Waals surface area contributed by atoms with Crippen molar-refractivity contribution in [3.05, 3.63) is 89.4 Å². The van der Waals surface area contributed by atoms with Gasteiger partial charge in [-0.3, -0.25) is 0 Å². The van der Waals surface area contributed by atoms with Gasteiger partial charge in [0.25, 0.3) is 0 Å². The fourth-order valence-corrected chi connectivity index (χ4v) is 5.93. The number of halogens is 1. The average Bonchev–Trinajstić information content (AvgIpc) is 3.24. The molecular formula is C32H31FNO+. The highest BCUT2D eigenvalue weighted by molar-refractivity contribution is 6.13. The van der Waals surface area contributed by atoms with E-state index in [1.165, 1.54) is 43.2 Å². The van der Waals surface area contributed by atoms with Gasteiger partial charge in [-0.25, -0.2) is 8.96 Å². The van der Waals surface area contributed by atoms with Crippen LogP contribution in [0.5, 0.6) is 0 Å². The lowest BCUT2D eigenvalue weighted by Crippen LogP contribution is -2.31. The molecule has 0 saturated heterocycles. The van der Waals surface area contributed by atoms with Crippen LogP contribution in [0.15, 0.2) is 71.3 Å². The van der Waals surface area contributed by atoms with E-state index in [0.717, 1.165) is 38.7 Å². The molecule has 1 aliphatic carbocycles. The van der Waals surface area contributed by atoms with Crippen molar-refractivity contribution in [2.45, 2.75) is 51.9 Å². The Hall–Kier alpha value is -3.46. The largest absolute Gasteiger partial charge is 0.454 e. The summed E-state index contributed by atoms with van der Waals surface area (Å²) in [6, 6.07) is 20.4. The molecule has 176 valence electrons. The van der Waals surface area contributed by atoms with Gasteiger partial charge in [-0.2, -0.15) is 0 Å². The Labute approximate surface area is 206 Å². The third kappa shape index (κ3) is 3.74. The summed E-state index contributed by atoms with van der Waals surface area (Å²) in [5, 5.41) is 1.96. The van der Waals surface area contributed by atoms with Crippen LogP contribution in [0.2, 0.25) is 0 Å². The minimum Gasteiger partial charge on any atom is -0.454 e. The molecule has 2 aromatic heterocycles. The second-order valence-corrected chi connectivity index (χ2v) is 10.2. The van der Waals surface area contributed by atoms with Gasteiger partial charge in [-0.1, -0.05) is 55.7 Å². The normalized spacial score (nSPS) is 14.7. The number of rotatable bonds is 3. The molecule has 0 radical (unpaired) electrons. The number of aryl methyl sites for hydroxylation is 3. The van der Waals surface area contributed by atoms with Crippen molar-refractivity contribution in [1.82, 2.24) is 0 Å². The highest BCUT2D eigenvalue weighted by atomic mass is 19.1. The maximum atomic E-state index is 15.3. The highest BCUT2D eigenvalue weighted by Gasteiger charge is 2.23. The lowest BCUT2D eigenvalue weighted by atomic mass is 9.83. The van der Waals surface area contributed by atoms with Crippen LogP contribution in [0, 0.1) is 19.7 Å². The second-order valence-electron chi connectivity index (χ2n) is 10.2. The van der Waals surface area contributed by atoms with Crippen LogP contribution in [0.1, 0.15) is 54.7 Å². The summed E-state index contributed by atoms with van der Waals surface area (Å²) < 4.78 is 24.0. The lowest BCUT2D eigenvalue weighted by Gasteiger charge is -2.22. The highest BCUT2D eigenvalue weighted by Crippen LogP contribution is 2.42. The zero-order chi connectivity index (χ0) is 24.1. The molecule has 0 unspecified atom stereocenters. The van der Waals surface area contributed by atoms with E-state index in [1.807, 2.05) is 6.07 Å². The van der Waals surface area contributed by atoms with Crippen LogP contribution in [-0.2, 0) is 7.05 Å². The first-order valence-corrected chi connectivity index (χ1v) is 12.7. The van der Waals surface area contributed by atoms with Crippen molar-refractivity contribution in [3.63, 3.8) is 0 Å². The van der Waals surface area contributed by atoms with E-state index >= 15 is 4.39 Å². The van der Waals surface area contributed by atoms with Crippen LogP contribution >= 0.6 is 0 Å². The number of benzene rings is 3. The van der Waals surface area contributed by atoms with E-state index < -0.39 is 0 Å². The van der Waals surface area contributed by atoms with Crippen molar-refractivity contribution in [3.8, 4) is 22.4 Å². The van der Waals surface area contributed by atoms with E-state index in [0.29, 0.717) is 17.1 Å². The standard InChI is InChI=1S/C32H31FNO/c1-20-9-18-28(34(3)19-20)29-21(2)10-15-25-26-16-17-27(33)30(32(26)35-31(25)29)24-13-11-23(12-14-24)22-7-5-4-6-8-22/h9-19,22H,4-8H2,1-3H3/q+1. The molecule has 2 nitrogen and oxygen atoms in total. The van der Waals surface area contributed by atoms with Crippen molar-refractivity contribution in [1.29, 1.82) is 0 Å². The average molecular weight is 465 g/mol. The number of pyridine rings is 1. The van der Waals surface area contributed by atoms with Gasteiger partial charge >= 0.3 is 0 Å². The second kappa shape index (κ2) is 8.64. The van der Waals surface area contributed by atoms with E-state index in [2.05, 4.69) is 80.2 Å². The fraction of sp³-hybridized carbons (Fsp3) is 0.281. The van der Waals surface area contributed by atoms with Crippen molar-refractivity contribution < 1.29 is 13.4 Å². The Morgan fingerprint density at radius 3 is 2.17 bits per heavy atom. The number of hydrogen-bond donors (Lipinski definition) is 0. The third-order valence-electron chi connectivity index (χ3n) is 7.78. The summed E-state index contributed by atoms with van der Waals surface area (Å²) in [7, 11) is 2.06. The summed E-state index contributed by atoms with van der Waals surface area (Å²) in [5.41, 5.74) is 8.68. The molecule has 6 rings (SSSR count). The van der Waals surface area contributed by atoms with Gasteiger partial charge in [0, 0.05) is 22.4 Å². The molecular weight excluding hydrogens is 433 g/mol. The molecule has 3 heteroatoms. The Balaban J connectivity index is 1.54. The summed E-state index contributed by atoms with van der Waals surface area (Å²) in [6.07, 6.45) is 8.58. The molecule has 1 aliphatic rings. The van der Waals surface area contributed by atoms with Gasteiger partial charge in [0.1, 0.15) is 24.0 Å². The zero-order valence-electron chi connectivity index (χ0n) is 20.7. The molecule has 0 amide bonds. The van der Waals surface area contributed by atoms with Crippen LogP contribution in [-0.4, -0.2) is 0 Å². The van der Waals surface area contributed by atoms with Crippen LogP contribution in [0.3, 0.4) is 0 Å². The molecule has 0 bridgehead atoms. The quantitative estimate of drug-likeness (QED) is 0.244. The molecule has 1 fully saturated rings. The molecule has 5 aromatic rings. The van der Waals surface area contributed by atoms with Gasteiger partial charge in [0.05, 0.1) is 11.1 Å². The molecule has 3 aromatic carbocycles. The van der Waals surface area contributed by atoms with E-state index in [-0.39, 0.29) is 5.82 Å². The van der Waals surface area contributed by atoms with Gasteiger partial charge in [0.2, 0.25) is 5.69 Å². The van der Waals surface area contributed by atoms with E-state index in [1.54, 1.807) is 6.07 Å². The first-order valence-electron chi connectivity index (χ1n) is 12.7. The molecule has 35 heavy (non-hydrogen) atoms. The summed E-state index contributed by atoms with van der Waals surface area (Å²) >= 11 is 0. The van der Waals surface area contributed by atoms with Crippen molar-refractivity contribution >= 4 is 21.9 Å². The monoisotopic (exact) mass is 464 g/mol. The minimum atomic E-state index is -0.249. The molecule has 0 N–H and O–H groups in total. The van der Waals surface area contributed by atoms with E-state index in [9.17, 15) is 0 Å². The predicted molar refractivity (Wildman–Crippen MR) is 141 cm³/mol. The first-order chi connectivity index (χ1) is 17.0. The number of hydrogen-bond acceptors (Lipinski definition) is 1. The molecule has 1 saturated carbocycles. The van der Waals surface area contributed by atoms with Gasteiger partial charge in [-0.15, -0.1) is 0 Å². The third-order valence-corrected chi connectivity index (χ3v) is 7.78. The zero-order valence-corrected chi connectivity index (χ0v) is 20.7. The number of fused-ring (bicyclic) bond motifs is 3. The van der Waals surface area contributed by atoms with Crippen LogP contribution < -0.4 is 4.57 Å². The Bertz CT molecular complexity index is 1560. The summed E-state index contributed by atoms with van der Waals surface area (Å²) in [6.45, 7) is 4.19. The van der Waals surface area contributed by atoms with Crippen molar-refractivity contribution in [2.75, 3.05) is 0 Å². The SMILES string of the molecule is Cc1ccc(-c2c(C)ccc3c2oc2c(-c4ccc(C5CCCCC5)cc4)c(F)ccc23)[n+](C)c1. The maximum Gasteiger partial charge on any atom is 0.216 e. The van der Waals surface area contributed by atoms with Gasteiger partial charge in [0.15, 0.2) is 6.20 Å². The Kier molecular flexibility index (Phi) is 5.44. The smallest absolute Gasteiger partial charge is 0.216 e. The molecule has 0 spiro atoms. The minimum absolute atomic E-state index is 0.249. The lowest BCUT2D eigenvalue weighted by molar-refractivity contribution is -0.660. The maximum absolute atomic E-state index is 15.3. The van der Waals surface area contributed by atoms with Gasteiger partial charge in [-0.05, 0) is 67.5 Å². The van der Waals surface area contributed by atoms with Crippen LogP contribution in [0.4, 0.5) is 4.39 Å². The molecule has 0 atom stereocenters. The number of aromatic nitrogens is 1. The predicted octanol–water partition coefficient (Wildman–Crippen LogP) is 8.55. The van der Waals surface area contributed by atoms with Crippen molar-refractivity contribution in [2.24, 2.45) is 7.05 Å². The molecule has 2 heterocycles. The first kappa shape index (κ1) is 22.0. The number of nitrogens with zero attached hydrogens (tertiary/aromatic N) is 1. The topological polar surface area (TPSA) is 17.0 Å².